The third kappa shape index (κ3) is 5.88. The Kier molecular flexibility index (Phi) is 8.29. The Labute approximate surface area is 199 Å². The van der Waals surface area contributed by atoms with E-state index in [1.807, 2.05) is 50.2 Å². The van der Waals surface area contributed by atoms with Crippen molar-refractivity contribution in [3.63, 3.8) is 0 Å². The van der Waals surface area contributed by atoms with Crippen molar-refractivity contribution in [2.45, 2.75) is 39.8 Å². The Balaban J connectivity index is 1.87. The quantitative estimate of drug-likeness (QED) is 0.353. The van der Waals surface area contributed by atoms with E-state index in [0.29, 0.717) is 17.3 Å². The van der Waals surface area contributed by atoms with Gasteiger partial charge in [-0.25, -0.2) is 4.98 Å². The molecule has 0 unspecified atom stereocenters. The van der Waals surface area contributed by atoms with E-state index in [9.17, 15) is 4.79 Å². The number of ether oxygens (including phenoxy) is 2. The minimum atomic E-state index is -0.239. The zero-order valence-electron chi connectivity index (χ0n) is 19.1. The monoisotopic (exact) mass is 472 g/mol. The van der Waals surface area contributed by atoms with Gasteiger partial charge in [-0.2, -0.15) is 0 Å². The zero-order valence-corrected chi connectivity index (χ0v) is 20.7. The van der Waals surface area contributed by atoms with E-state index in [2.05, 4.69) is 30.1 Å². The number of hydrogen-bond acceptors (Lipinski definition) is 6. The highest BCUT2D eigenvalue weighted by molar-refractivity contribution is 7.18. The molecular weight excluding hydrogens is 444 g/mol. The first-order valence-corrected chi connectivity index (χ1v) is 11.8. The third-order valence-electron chi connectivity index (χ3n) is 5.01. The normalized spacial score (nSPS) is 11.2. The summed E-state index contributed by atoms with van der Waals surface area (Å²) in [5, 5.41) is 1.49. The molecule has 0 aliphatic heterocycles. The summed E-state index contributed by atoms with van der Waals surface area (Å²) in [6.07, 6.45) is 2.87. The molecule has 0 N–H and O–H groups in total. The molecule has 170 valence electrons. The van der Waals surface area contributed by atoms with Crippen LogP contribution in [0.1, 0.15) is 31.9 Å². The van der Waals surface area contributed by atoms with Crippen molar-refractivity contribution in [1.82, 2.24) is 9.88 Å². The van der Waals surface area contributed by atoms with Crippen LogP contribution >= 0.6 is 22.9 Å². The van der Waals surface area contributed by atoms with E-state index in [0.717, 1.165) is 21.9 Å². The number of carbonyl (C=O) groups excluding carboxylic acids is 1. The molecule has 7 heteroatoms. The first-order chi connectivity index (χ1) is 15.3. The van der Waals surface area contributed by atoms with Crippen molar-refractivity contribution < 1.29 is 14.3 Å². The molecule has 0 spiro atoms. The molecule has 0 fully saturated rings. The lowest BCUT2D eigenvalue weighted by Crippen LogP contribution is -2.26. The number of halogens is 1. The van der Waals surface area contributed by atoms with E-state index in [4.69, 9.17) is 21.1 Å². The van der Waals surface area contributed by atoms with Crippen LogP contribution in [0, 0.1) is 0 Å². The van der Waals surface area contributed by atoms with E-state index in [1.165, 1.54) is 23.8 Å². The number of aromatic nitrogens is 1. The van der Waals surface area contributed by atoms with E-state index >= 15 is 0 Å². The summed E-state index contributed by atoms with van der Waals surface area (Å²) in [6, 6.07) is 12.1. The lowest BCUT2D eigenvalue weighted by atomic mass is 9.97. The second kappa shape index (κ2) is 10.9. The summed E-state index contributed by atoms with van der Waals surface area (Å²) in [7, 11) is 3.33. The largest absolute Gasteiger partial charge is 0.489 e. The first kappa shape index (κ1) is 24.2. The molecule has 1 heterocycles. The van der Waals surface area contributed by atoms with Gasteiger partial charge in [0.2, 0.25) is 0 Å². The van der Waals surface area contributed by atoms with Crippen LogP contribution in [-0.2, 0) is 22.5 Å². The number of methoxy groups -OCH3 is 1. The summed E-state index contributed by atoms with van der Waals surface area (Å²) < 4.78 is 10.5. The summed E-state index contributed by atoms with van der Waals surface area (Å²) in [6.45, 7) is 7.03. The van der Waals surface area contributed by atoms with Gasteiger partial charge in [0.05, 0.1) is 29.7 Å². The van der Waals surface area contributed by atoms with Crippen molar-refractivity contribution in [1.29, 1.82) is 0 Å². The highest BCUT2D eigenvalue weighted by atomic mass is 35.5. The van der Waals surface area contributed by atoms with E-state index in [-0.39, 0.29) is 18.6 Å². The van der Waals surface area contributed by atoms with Crippen LogP contribution in [0.25, 0.3) is 21.0 Å². The molecule has 0 bridgehead atoms. The number of likely N-dealkylation sites (N-methyl/N-ethyl adjacent to an activating group) is 1. The molecule has 0 aliphatic carbocycles. The number of thiazole rings is 1. The van der Waals surface area contributed by atoms with Crippen molar-refractivity contribution in [3.8, 4) is 26.8 Å². The fourth-order valence-corrected chi connectivity index (χ4v) is 4.77. The van der Waals surface area contributed by atoms with Gasteiger partial charge in [0.15, 0.2) is 0 Å². The van der Waals surface area contributed by atoms with Crippen LogP contribution in [0.3, 0.4) is 0 Å². The van der Waals surface area contributed by atoms with Gasteiger partial charge in [0.25, 0.3) is 0 Å². The molecule has 5 nitrogen and oxygen atoms in total. The second-order valence-corrected chi connectivity index (χ2v) is 9.32. The molecule has 0 atom stereocenters. The highest BCUT2D eigenvalue weighted by Gasteiger charge is 2.15. The summed E-state index contributed by atoms with van der Waals surface area (Å²) in [5.41, 5.74) is 4.60. The van der Waals surface area contributed by atoms with E-state index in [1.54, 1.807) is 11.3 Å². The summed E-state index contributed by atoms with van der Waals surface area (Å²) in [4.78, 5) is 19.3. The maximum absolute atomic E-state index is 11.6. The Hall–Kier alpha value is -2.41. The molecule has 0 saturated carbocycles. The van der Waals surface area contributed by atoms with Crippen LogP contribution in [0.4, 0.5) is 0 Å². The second-order valence-electron chi connectivity index (χ2n) is 7.89. The predicted molar refractivity (Wildman–Crippen MR) is 131 cm³/mol. The molecule has 2 aromatic carbocycles. The Morgan fingerprint density at radius 2 is 2.03 bits per heavy atom. The van der Waals surface area contributed by atoms with Crippen LogP contribution in [-0.4, -0.2) is 42.7 Å². The van der Waals surface area contributed by atoms with Gasteiger partial charge in [-0.15, -0.1) is 11.3 Å². The van der Waals surface area contributed by atoms with Gasteiger partial charge in [-0.05, 0) is 62.2 Å². The number of nitrogens with zero attached hydrogens (tertiary/aromatic N) is 2. The summed E-state index contributed by atoms with van der Waals surface area (Å²) in [5.74, 6) is 0.441. The molecule has 3 rings (SSSR count). The average Bonchev–Trinajstić information content (AvgIpc) is 3.24. The molecule has 0 aliphatic rings. The number of esters is 1. The van der Waals surface area contributed by atoms with Crippen molar-refractivity contribution in [3.05, 3.63) is 58.7 Å². The van der Waals surface area contributed by atoms with E-state index < -0.39 is 0 Å². The maximum Gasteiger partial charge on any atom is 0.319 e. The number of benzene rings is 2. The van der Waals surface area contributed by atoms with Crippen LogP contribution in [0.15, 0.2) is 42.6 Å². The third-order valence-corrected chi connectivity index (χ3v) is 6.38. The van der Waals surface area contributed by atoms with Crippen molar-refractivity contribution >= 4 is 28.9 Å². The van der Waals surface area contributed by atoms with Crippen LogP contribution in [0.2, 0.25) is 5.02 Å². The smallest absolute Gasteiger partial charge is 0.319 e. The maximum atomic E-state index is 11.6. The number of carbonyl (C=O) groups is 1. The molecule has 3 aromatic rings. The minimum absolute atomic E-state index is 0.0659. The first-order valence-electron chi connectivity index (χ1n) is 10.6. The molecule has 0 amide bonds. The topological polar surface area (TPSA) is 51.7 Å². The Morgan fingerprint density at radius 1 is 1.25 bits per heavy atom. The minimum Gasteiger partial charge on any atom is -0.489 e. The Morgan fingerprint density at radius 3 is 2.69 bits per heavy atom. The SMILES string of the molecule is CCc1c(CN(C)CC(=O)OC)cccc1-c1cnc(-c2ccc(OC(C)C)c(Cl)c2)s1. The zero-order chi connectivity index (χ0) is 23.3. The average molecular weight is 473 g/mol. The molecule has 1 aromatic heterocycles. The highest BCUT2D eigenvalue weighted by Crippen LogP contribution is 2.37. The Bertz CT molecular complexity index is 1080. The fourth-order valence-electron chi connectivity index (χ4n) is 3.58. The van der Waals surface area contributed by atoms with Gasteiger partial charge in [0.1, 0.15) is 10.8 Å². The predicted octanol–water partition coefficient (Wildman–Crippen LogP) is 6.08. The lowest BCUT2D eigenvalue weighted by Gasteiger charge is -2.19. The van der Waals surface area contributed by atoms with Crippen molar-refractivity contribution in [2.75, 3.05) is 20.7 Å². The van der Waals surface area contributed by atoms with Gasteiger partial charge in [-0.1, -0.05) is 36.7 Å². The fraction of sp³-hybridized carbons (Fsp3) is 0.360. The standard InChI is InChI=1S/C25H29ClN2O3S/c1-6-19-18(14-28(4)15-24(29)30-5)8-7-9-20(19)23-13-27-25(32-23)17-10-11-22(21(26)12-17)31-16(2)3/h7-13,16H,6,14-15H2,1-5H3. The van der Waals surface area contributed by atoms with Gasteiger partial charge < -0.3 is 9.47 Å². The van der Waals surface area contributed by atoms with Gasteiger partial charge in [0, 0.05) is 18.3 Å². The van der Waals surface area contributed by atoms with Crippen molar-refractivity contribution in [2.24, 2.45) is 0 Å². The molecular formula is C25H29ClN2O3S. The van der Waals surface area contributed by atoms with Gasteiger partial charge in [-0.3, -0.25) is 9.69 Å². The molecule has 0 radical (unpaired) electrons. The molecule has 32 heavy (non-hydrogen) atoms. The summed E-state index contributed by atoms with van der Waals surface area (Å²) >= 11 is 8.07. The van der Waals surface area contributed by atoms with Crippen LogP contribution in [0.5, 0.6) is 5.75 Å². The lowest BCUT2D eigenvalue weighted by molar-refractivity contribution is -0.141. The number of rotatable bonds is 9. The number of hydrogen-bond donors (Lipinski definition) is 0. The van der Waals surface area contributed by atoms with Gasteiger partial charge >= 0.3 is 5.97 Å². The molecule has 0 saturated heterocycles. The van der Waals surface area contributed by atoms with Crippen LogP contribution < -0.4 is 4.74 Å².